The van der Waals surface area contributed by atoms with Gasteiger partial charge in [-0.05, 0) is 48.4 Å². The normalized spacial score (nSPS) is 19.7. The van der Waals surface area contributed by atoms with Crippen molar-refractivity contribution in [1.82, 2.24) is 9.80 Å². The summed E-state index contributed by atoms with van der Waals surface area (Å²) in [5.74, 6) is -0.189. The molecule has 2 fully saturated rings. The van der Waals surface area contributed by atoms with Crippen molar-refractivity contribution in [1.29, 1.82) is 0 Å². The second-order valence-corrected chi connectivity index (χ2v) is 8.99. The monoisotopic (exact) mass is 506 g/mol. The van der Waals surface area contributed by atoms with Crippen LogP contribution in [0.4, 0.5) is 0 Å². The average Bonchev–Trinajstić information content (AvgIpc) is 3.19. The summed E-state index contributed by atoms with van der Waals surface area (Å²) in [4.78, 5) is 30.3. The minimum atomic E-state index is -0.710. The number of carbonyl (C=O) groups is 2. The summed E-state index contributed by atoms with van der Waals surface area (Å²) in [7, 11) is 0. The Bertz CT molecular complexity index is 1120. The molecule has 1 N–H and O–H groups in total. The van der Waals surface area contributed by atoms with E-state index in [0.29, 0.717) is 56.6 Å². The van der Waals surface area contributed by atoms with Gasteiger partial charge in [-0.3, -0.25) is 14.5 Å². The number of carbonyl (C=O) groups excluding carboxylic acids is 2. The zero-order valence-electron chi connectivity index (χ0n) is 21.2. The number of aliphatic hydroxyl groups is 1. The molecule has 0 bridgehead atoms. The zero-order valence-corrected chi connectivity index (χ0v) is 21.2. The van der Waals surface area contributed by atoms with Gasteiger partial charge in [0, 0.05) is 31.7 Å². The summed E-state index contributed by atoms with van der Waals surface area (Å²) in [5.41, 5.74) is 1.25. The van der Waals surface area contributed by atoms with E-state index in [-0.39, 0.29) is 11.3 Å². The Hall–Kier alpha value is -3.62. The molecule has 2 aromatic carbocycles. The molecule has 2 saturated heterocycles. The number of ketones is 1. The van der Waals surface area contributed by atoms with E-state index in [0.717, 1.165) is 25.1 Å². The van der Waals surface area contributed by atoms with E-state index in [1.165, 1.54) is 0 Å². The van der Waals surface area contributed by atoms with Crippen molar-refractivity contribution in [2.75, 3.05) is 52.6 Å². The topological polar surface area (TPSA) is 88.5 Å². The van der Waals surface area contributed by atoms with Crippen molar-refractivity contribution in [3.8, 4) is 11.5 Å². The summed E-state index contributed by atoms with van der Waals surface area (Å²) < 4.78 is 16.6. The molecular formula is C29H34N2O6. The highest BCUT2D eigenvalue weighted by Crippen LogP contribution is 2.40. The fourth-order valence-electron chi connectivity index (χ4n) is 4.52. The van der Waals surface area contributed by atoms with Crippen LogP contribution >= 0.6 is 0 Å². The van der Waals surface area contributed by atoms with Crippen molar-refractivity contribution in [3.63, 3.8) is 0 Å². The number of ether oxygens (including phenoxy) is 3. The van der Waals surface area contributed by atoms with Gasteiger partial charge >= 0.3 is 0 Å². The third-order valence-electron chi connectivity index (χ3n) is 6.47. The van der Waals surface area contributed by atoms with Gasteiger partial charge < -0.3 is 24.2 Å². The predicted octanol–water partition coefficient (Wildman–Crippen LogP) is 3.79. The highest BCUT2D eigenvalue weighted by Gasteiger charge is 2.46. The first-order valence-electron chi connectivity index (χ1n) is 12.7. The summed E-state index contributed by atoms with van der Waals surface area (Å²) in [6.45, 7) is 10.4. The molecule has 0 spiro atoms. The molecule has 196 valence electrons. The number of amides is 1. The van der Waals surface area contributed by atoms with Crippen molar-refractivity contribution in [3.05, 3.63) is 77.9 Å². The fraction of sp³-hybridized carbons (Fsp3) is 0.379. The molecular weight excluding hydrogens is 472 g/mol. The molecule has 8 heteroatoms. The van der Waals surface area contributed by atoms with Gasteiger partial charge in [0.2, 0.25) is 0 Å². The van der Waals surface area contributed by atoms with Gasteiger partial charge in [-0.15, -0.1) is 0 Å². The molecule has 2 aliphatic rings. The second kappa shape index (κ2) is 12.6. The first-order chi connectivity index (χ1) is 18.0. The van der Waals surface area contributed by atoms with Gasteiger partial charge in [0.15, 0.2) is 0 Å². The lowest BCUT2D eigenvalue weighted by atomic mass is 9.95. The van der Waals surface area contributed by atoms with Crippen molar-refractivity contribution >= 4 is 17.4 Å². The molecule has 1 amide bonds. The van der Waals surface area contributed by atoms with Crippen LogP contribution in [-0.2, 0) is 14.3 Å². The summed E-state index contributed by atoms with van der Waals surface area (Å²) in [6.07, 6.45) is 2.53. The van der Waals surface area contributed by atoms with Crippen molar-refractivity contribution in [2.24, 2.45) is 0 Å². The van der Waals surface area contributed by atoms with Crippen LogP contribution in [-0.4, -0.2) is 79.2 Å². The van der Waals surface area contributed by atoms with E-state index >= 15 is 0 Å². The molecule has 4 rings (SSSR count). The molecule has 1 atom stereocenters. The van der Waals surface area contributed by atoms with Crippen LogP contribution < -0.4 is 9.47 Å². The van der Waals surface area contributed by atoms with E-state index in [2.05, 4.69) is 11.5 Å². The summed E-state index contributed by atoms with van der Waals surface area (Å²) in [6, 6.07) is 13.4. The molecule has 8 nitrogen and oxygen atoms in total. The standard InChI is InChI=1S/C29H34N2O6/c1-3-17-36-23-9-5-21(6-10-23)26-25(27(32)22-7-11-24(12-8-22)37-18-4-2)28(33)29(34)31(26)14-13-30-15-19-35-20-16-30/h4-12,26,32H,2-3,13-20H2,1H3/b27-25+/t26-/m1/s1. The molecule has 0 radical (unpaired) electrons. The van der Waals surface area contributed by atoms with Gasteiger partial charge in [-0.1, -0.05) is 31.7 Å². The maximum atomic E-state index is 13.3. The van der Waals surface area contributed by atoms with E-state index in [1.54, 1.807) is 35.2 Å². The number of benzene rings is 2. The van der Waals surface area contributed by atoms with Crippen LogP contribution in [0.15, 0.2) is 66.8 Å². The highest BCUT2D eigenvalue weighted by atomic mass is 16.5. The van der Waals surface area contributed by atoms with Gasteiger partial charge in [0.25, 0.3) is 11.7 Å². The maximum absolute atomic E-state index is 13.3. The Morgan fingerprint density at radius 2 is 1.68 bits per heavy atom. The number of morpholine rings is 1. The van der Waals surface area contributed by atoms with Gasteiger partial charge in [0.1, 0.15) is 23.9 Å². The van der Waals surface area contributed by atoms with Crippen LogP contribution in [0.25, 0.3) is 5.76 Å². The Balaban J connectivity index is 1.67. The number of nitrogens with zero attached hydrogens (tertiary/aromatic N) is 2. The molecule has 2 aromatic rings. The quantitative estimate of drug-likeness (QED) is 0.215. The molecule has 37 heavy (non-hydrogen) atoms. The average molecular weight is 507 g/mol. The lowest BCUT2D eigenvalue weighted by Crippen LogP contribution is -2.42. The van der Waals surface area contributed by atoms with Crippen molar-refractivity contribution in [2.45, 2.75) is 19.4 Å². The van der Waals surface area contributed by atoms with Crippen LogP contribution in [0.2, 0.25) is 0 Å². The number of rotatable bonds is 11. The van der Waals surface area contributed by atoms with Crippen LogP contribution in [0, 0.1) is 0 Å². The van der Waals surface area contributed by atoms with Gasteiger partial charge in [-0.25, -0.2) is 0 Å². The molecule has 0 saturated carbocycles. The number of hydrogen-bond acceptors (Lipinski definition) is 7. The highest BCUT2D eigenvalue weighted by molar-refractivity contribution is 6.46. The van der Waals surface area contributed by atoms with E-state index in [4.69, 9.17) is 14.2 Å². The van der Waals surface area contributed by atoms with Crippen LogP contribution in [0.5, 0.6) is 11.5 Å². The molecule has 2 aliphatic heterocycles. The minimum absolute atomic E-state index is 0.0777. The Labute approximate surface area is 217 Å². The molecule has 0 aromatic heterocycles. The fourth-order valence-corrected chi connectivity index (χ4v) is 4.52. The lowest BCUT2D eigenvalue weighted by molar-refractivity contribution is -0.140. The predicted molar refractivity (Wildman–Crippen MR) is 141 cm³/mol. The van der Waals surface area contributed by atoms with E-state index < -0.39 is 17.7 Å². The zero-order chi connectivity index (χ0) is 26.2. The largest absolute Gasteiger partial charge is 0.507 e. The molecule has 0 unspecified atom stereocenters. The van der Waals surface area contributed by atoms with Crippen LogP contribution in [0.3, 0.4) is 0 Å². The minimum Gasteiger partial charge on any atom is -0.507 e. The Morgan fingerprint density at radius 3 is 2.32 bits per heavy atom. The summed E-state index contributed by atoms with van der Waals surface area (Å²) >= 11 is 0. The Kier molecular flexibility index (Phi) is 8.98. The third-order valence-corrected chi connectivity index (χ3v) is 6.47. The first kappa shape index (κ1) is 26.4. The molecule has 0 aliphatic carbocycles. The Morgan fingerprint density at radius 1 is 1.03 bits per heavy atom. The smallest absolute Gasteiger partial charge is 0.295 e. The third kappa shape index (κ3) is 6.21. The number of aliphatic hydroxyl groups excluding tert-OH is 1. The van der Waals surface area contributed by atoms with Crippen LogP contribution in [0.1, 0.15) is 30.5 Å². The number of Topliss-reactive ketones (excluding diaryl/α,β-unsaturated/α-hetero) is 1. The number of hydrogen-bond donors (Lipinski definition) is 1. The van der Waals surface area contributed by atoms with E-state index in [1.807, 2.05) is 31.2 Å². The van der Waals surface area contributed by atoms with E-state index in [9.17, 15) is 14.7 Å². The van der Waals surface area contributed by atoms with Crippen molar-refractivity contribution < 1.29 is 28.9 Å². The lowest BCUT2D eigenvalue weighted by Gasteiger charge is -2.31. The molecule has 2 heterocycles. The second-order valence-electron chi connectivity index (χ2n) is 8.99. The SMILES string of the molecule is C=CCOc1ccc(/C(O)=C2\C(=O)C(=O)N(CCN3CCOCC3)[C@@H]2c2ccc(OCCC)cc2)cc1. The van der Waals surface area contributed by atoms with Gasteiger partial charge in [-0.2, -0.15) is 0 Å². The van der Waals surface area contributed by atoms with Gasteiger partial charge in [0.05, 0.1) is 31.4 Å². The summed E-state index contributed by atoms with van der Waals surface area (Å²) in [5, 5.41) is 11.3. The maximum Gasteiger partial charge on any atom is 0.295 e. The number of likely N-dealkylation sites (tertiary alicyclic amines) is 1. The first-order valence-corrected chi connectivity index (χ1v) is 12.7.